The van der Waals surface area contributed by atoms with E-state index in [0.29, 0.717) is 19.6 Å². The van der Waals surface area contributed by atoms with Crippen molar-refractivity contribution in [3.8, 4) is 5.75 Å². The topological polar surface area (TPSA) is 59.4 Å². The van der Waals surface area contributed by atoms with Crippen LogP contribution in [0.2, 0.25) is 0 Å². The van der Waals surface area contributed by atoms with Gasteiger partial charge in [0.1, 0.15) is 5.75 Å². The van der Waals surface area contributed by atoms with Crippen LogP contribution in [0.4, 0.5) is 4.79 Å². The van der Waals surface area contributed by atoms with E-state index in [1.165, 1.54) is 0 Å². The Morgan fingerprint density at radius 1 is 1.26 bits per heavy atom. The fraction of sp³-hybridized carbons (Fsp3) is 0.524. The molecule has 2 aromatic rings. The molecular formula is C21H32N4O2. The van der Waals surface area contributed by atoms with E-state index in [2.05, 4.69) is 24.3 Å². The van der Waals surface area contributed by atoms with Crippen LogP contribution in [0.15, 0.2) is 24.3 Å². The number of rotatable bonds is 8. The standard InChI is InChI=1S/C21H32N4O2/c1-7-15(3)27-19-11-9-18(10-12-19)13-22-21(26)25(8-2)14-20-16(4)23-24(6)17(20)5/h9-12,15H,7-8,13-14H2,1-6H3,(H,22,26)/t15-/m0/s1. The molecule has 1 N–H and O–H groups in total. The van der Waals surface area contributed by atoms with E-state index in [0.717, 1.165) is 34.7 Å². The molecule has 1 aromatic heterocycles. The lowest BCUT2D eigenvalue weighted by molar-refractivity contribution is 0.197. The van der Waals surface area contributed by atoms with Crippen molar-refractivity contribution in [1.82, 2.24) is 20.0 Å². The molecule has 0 unspecified atom stereocenters. The smallest absolute Gasteiger partial charge is 0.317 e. The molecule has 2 amide bonds. The highest BCUT2D eigenvalue weighted by molar-refractivity contribution is 5.74. The van der Waals surface area contributed by atoms with E-state index in [9.17, 15) is 4.79 Å². The minimum absolute atomic E-state index is 0.0694. The van der Waals surface area contributed by atoms with Crippen molar-refractivity contribution in [2.24, 2.45) is 7.05 Å². The zero-order valence-corrected chi connectivity index (χ0v) is 17.4. The maximum atomic E-state index is 12.6. The van der Waals surface area contributed by atoms with Crippen molar-refractivity contribution in [1.29, 1.82) is 0 Å². The highest BCUT2D eigenvalue weighted by Gasteiger charge is 2.17. The Labute approximate surface area is 162 Å². The maximum Gasteiger partial charge on any atom is 0.317 e. The van der Waals surface area contributed by atoms with E-state index in [1.54, 1.807) is 4.90 Å². The quantitative estimate of drug-likeness (QED) is 0.763. The summed E-state index contributed by atoms with van der Waals surface area (Å²) in [6.45, 7) is 11.9. The second-order valence-corrected chi connectivity index (χ2v) is 6.93. The lowest BCUT2D eigenvalue weighted by Crippen LogP contribution is -2.39. The summed E-state index contributed by atoms with van der Waals surface area (Å²) < 4.78 is 7.65. The molecule has 0 saturated carbocycles. The van der Waals surface area contributed by atoms with Crippen LogP contribution in [-0.2, 0) is 20.1 Å². The normalized spacial score (nSPS) is 11.9. The van der Waals surface area contributed by atoms with E-state index >= 15 is 0 Å². The first-order valence-corrected chi connectivity index (χ1v) is 9.63. The summed E-state index contributed by atoms with van der Waals surface area (Å²) in [6.07, 6.45) is 1.17. The van der Waals surface area contributed by atoms with Gasteiger partial charge >= 0.3 is 6.03 Å². The van der Waals surface area contributed by atoms with Gasteiger partial charge in [-0.2, -0.15) is 5.10 Å². The van der Waals surface area contributed by atoms with Crippen molar-refractivity contribution >= 4 is 6.03 Å². The fourth-order valence-corrected chi connectivity index (χ4v) is 2.86. The molecule has 0 fully saturated rings. The number of nitrogens with one attached hydrogen (secondary N) is 1. The lowest BCUT2D eigenvalue weighted by atomic mass is 10.2. The lowest BCUT2D eigenvalue weighted by Gasteiger charge is -2.22. The van der Waals surface area contributed by atoms with Crippen LogP contribution in [0.25, 0.3) is 0 Å². The van der Waals surface area contributed by atoms with Crippen LogP contribution in [0.3, 0.4) is 0 Å². The van der Waals surface area contributed by atoms with Crippen LogP contribution in [0.1, 0.15) is 49.7 Å². The second-order valence-electron chi connectivity index (χ2n) is 6.93. The summed E-state index contributed by atoms with van der Waals surface area (Å²) >= 11 is 0. The van der Waals surface area contributed by atoms with Gasteiger partial charge in [-0.25, -0.2) is 4.79 Å². The van der Waals surface area contributed by atoms with E-state index < -0.39 is 0 Å². The van der Waals surface area contributed by atoms with Gasteiger partial charge in [0.2, 0.25) is 0 Å². The SMILES string of the molecule is CC[C@H](C)Oc1ccc(CNC(=O)N(CC)Cc2c(C)nn(C)c2C)cc1. The number of aryl methyl sites for hydroxylation is 2. The van der Waals surface area contributed by atoms with Crippen molar-refractivity contribution in [3.63, 3.8) is 0 Å². The fourth-order valence-electron chi connectivity index (χ4n) is 2.86. The summed E-state index contributed by atoms with van der Waals surface area (Å²) in [5, 5.41) is 7.44. The molecule has 27 heavy (non-hydrogen) atoms. The molecule has 6 heteroatoms. The van der Waals surface area contributed by atoms with Gasteiger partial charge in [-0.1, -0.05) is 19.1 Å². The summed E-state index contributed by atoms with van der Waals surface area (Å²) in [5.41, 5.74) is 4.22. The Morgan fingerprint density at radius 3 is 2.44 bits per heavy atom. The van der Waals surface area contributed by atoms with Gasteiger partial charge in [0.25, 0.3) is 0 Å². The Bertz CT molecular complexity index is 752. The minimum atomic E-state index is -0.0694. The van der Waals surface area contributed by atoms with Crippen LogP contribution in [0.5, 0.6) is 5.75 Å². The van der Waals surface area contributed by atoms with Crippen molar-refractivity contribution < 1.29 is 9.53 Å². The number of carbonyl (C=O) groups is 1. The van der Waals surface area contributed by atoms with Crippen molar-refractivity contribution in [2.75, 3.05) is 6.54 Å². The molecule has 6 nitrogen and oxygen atoms in total. The maximum absolute atomic E-state index is 12.6. The Kier molecular flexibility index (Phi) is 7.28. The summed E-state index contributed by atoms with van der Waals surface area (Å²) in [7, 11) is 1.93. The third-order valence-corrected chi connectivity index (χ3v) is 4.96. The van der Waals surface area contributed by atoms with Gasteiger partial charge in [-0.15, -0.1) is 0 Å². The Hall–Kier alpha value is -2.50. The van der Waals surface area contributed by atoms with Gasteiger partial charge in [0.05, 0.1) is 18.3 Å². The molecule has 0 spiro atoms. The number of benzene rings is 1. The van der Waals surface area contributed by atoms with Crippen molar-refractivity contribution in [3.05, 3.63) is 46.8 Å². The first kappa shape index (κ1) is 20.8. The first-order valence-electron chi connectivity index (χ1n) is 9.63. The Balaban J connectivity index is 1.93. The summed E-state index contributed by atoms with van der Waals surface area (Å²) in [5.74, 6) is 0.858. The van der Waals surface area contributed by atoms with Crippen LogP contribution < -0.4 is 10.1 Å². The molecule has 0 saturated heterocycles. The van der Waals surface area contributed by atoms with E-state index in [-0.39, 0.29) is 12.1 Å². The van der Waals surface area contributed by atoms with Crippen LogP contribution in [-0.4, -0.2) is 33.4 Å². The number of ether oxygens (including phenoxy) is 1. The number of amides is 2. The van der Waals surface area contributed by atoms with Gasteiger partial charge in [-0.05, 0) is 51.8 Å². The van der Waals surface area contributed by atoms with Gasteiger partial charge in [0, 0.05) is 31.4 Å². The summed E-state index contributed by atoms with van der Waals surface area (Å²) in [6, 6.07) is 7.81. The Morgan fingerprint density at radius 2 is 1.93 bits per heavy atom. The number of aromatic nitrogens is 2. The third-order valence-electron chi connectivity index (χ3n) is 4.96. The molecule has 1 aromatic carbocycles. The zero-order chi connectivity index (χ0) is 20.0. The number of urea groups is 1. The number of hydrogen-bond acceptors (Lipinski definition) is 3. The minimum Gasteiger partial charge on any atom is -0.491 e. The highest BCUT2D eigenvalue weighted by atomic mass is 16.5. The van der Waals surface area contributed by atoms with Gasteiger partial charge in [-0.3, -0.25) is 4.68 Å². The number of nitrogens with zero attached hydrogens (tertiary/aromatic N) is 3. The molecule has 0 radical (unpaired) electrons. The predicted molar refractivity (Wildman–Crippen MR) is 108 cm³/mol. The molecular weight excluding hydrogens is 340 g/mol. The largest absolute Gasteiger partial charge is 0.491 e. The molecule has 0 aliphatic heterocycles. The predicted octanol–water partition coefficient (Wildman–Crippen LogP) is 3.95. The third kappa shape index (κ3) is 5.49. The van der Waals surface area contributed by atoms with Gasteiger partial charge < -0.3 is 15.0 Å². The van der Waals surface area contributed by atoms with Crippen molar-refractivity contribution in [2.45, 2.75) is 60.2 Å². The average Bonchev–Trinajstić information content (AvgIpc) is 2.90. The first-order chi connectivity index (χ1) is 12.8. The number of hydrogen-bond donors (Lipinski definition) is 1. The monoisotopic (exact) mass is 372 g/mol. The number of carbonyl (C=O) groups excluding carboxylic acids is 1. The molecule has 148 valence electrons. The van der Waals surface area contributed by atoms with E-state index in [1.807, 2.05) is 56.8 Å². The molecule has 2 rings (SSSR count). The van der Waals surface area contributed by atoms with Gasteiger partial charge in [0.15, 0.2) is 0 Å². The highest BCUT2D eigenvalue weighted by Crippen LogP contribution is 2.16. The second kappa shape index (κ2) is 9.44. The average molecular weight is 373 g/mol. The zero-order valence-electron chi connectivity index (χ0n) is 17.4. The van der Waals surface area contributed by atoms with E-state index in [4.69, 9.17) is 4.74 Å². The molecule has 0 aliphatic rings. The molecule has 1 atom stereocenters. The van der Waals surface area contributed by atoms with Crippen LogP contribution in [0, 0.1) is 13.8 Å². The summed E-state index contributed by atoms with van der Waals surface area (Å²) in [4.78, 5) is 14.4. The van der Waals surface area contributed by atoms with Crippen LogP contribution >= 0.6 is 0 Å². The molecule has 0 bridgehead atoms. The molecule has 0 aliphatic carbocycles. The molecule has 1 heterocycles.